The van der Waals surface area contributed by atoms with Crippen LogP contribution >= 0.6 is 15.9 Å². The minimum absolute atomic E-state index is 0.0412. The molecule has 0 radical (unpaired) electrons. The summed E-state index contributed by atoms with van der Waals surface area (Å²) in [5.41, 5.74) is 1.38. The topological polar surface area (TPSA) is 84.9 Å². The monoisotopic (exact) mass is 480 g/mol. The number of hydrogen-bond donors (Lipinski definition) is 1. The molecule has 0 aliphatic carbocycles. The van der Waals surface area contributed by atoms with Crippen molar-refractivity contribution in [3.05, 3.63) is 52.5 Å². The number of amides is 1. The summed E-state index contributed by atoms with van der Waals surface area (Å²) in [6, 6.07) is 12.6. The summed E-state index contributed by atoms with van der Waals surface area (Å²) in [6.07, 6.45) is 0.988. The maximum atomic E-state index is 12.7. The average Bonchev–Trinajstić information content (AvgIpc) is 3.15. The molecule has 2 aromatic rings. The first-order chi connectivity index (χ1) is 13.9. The van der Waals surface area contributed by atoms with Gasteiger partial charge in [-0.3, -0.25) is 4.79 Å². The largest absolute Gasteiger partial charge is 0.454 e. The van der Waals surface area contributed by atoms with E-state index in [4.69, 9.17) is 9.47 Å². The molecule has 4 rings (SSSR count). The third kappa shape index (κ3) is 4.73. The number of sulfonamides is 1. The van der Waals surface area contributed by atoms with E-state index >= 15 is 0 Å². The first kappa shape index (κ1) is 20.2. The SMILES string of the molecule is O=C(Nc1ccc2c(c1)OCO2)C1CCN(S(=O)(=O)Cc2cccc(Br)c2)CC1. The lowest BCUT2D eigenvalue weighted by molar-refractivity contribution is -0.120. The molecular formula is C20H21BrN2O5S. The van der Waals surface area contributed by atoms with E-state index in [2.05, 4.69) is 21.2 Å². The van der Waals surface area contributed by atoms with E-state index in [1.54, 1.807) is 24.3 Å². The summed E-state index contributed by atoms with van der Waals surface area (Å²) >= 11 is 3.37. The summed E-state index contributed by atoms with van der Waals surface area (Å²) in [4.78, 5) is 12.6. The van der Waals surface area contributed by atoms with Crippen molar-refractivity contribution < 1.29 is 22.7 Å². The molecule has 0 saturated carbocycles. The van der Waals surface area contributed by atoms with Gasteiger partial charge >= 0.3 is 0 Å². The minimum atomic E-state index is -3.42. The molecule has 2 aliphatic rings. The number of rotatable bonds is 5. The molecule has 2 aromatic carbocycles. The zero-order valence-corrected chi connectivity index (χ0v) is 18.0. The Bertz CT molecular complexity index is 1020. The van der Waals surface area contributed by atoms with Crippen molar-refractivity contribution in [3.63, 3.8) is 0 Å². The van der Waals surface area contributed by atoms with E-state index < -0.39 is 10.0 Å². The Kier molecular flexibility index (Phi) is 5.80. The van der Waals surface area contributed by atoms with E-state index in [0.717, 1.165) is 10.0 Å². The Morgan fingerprint density at radius 3 is 2.62 bits per heavy atom. The lowest BCUT2D eigenvalue weighted by atomic mass is 9.97. The van der Waals surface area contributed by atoms with E-state index in [1.165, 1.54) is 4.31 Å². The van der Waals surface area contributed by atoms with Crippen LogP contribution in [-0.2, 0) is 20.6 Å². The van der Waals surface area contributed by atoms with Crippen molar-refractivity contribution in [2.45, 2.75) is 18.6 Å². The van der Waals surface area contributed by atoms with Gasteiger partial charge in [0.05, 0.1) is 5.75 Å². The molecule has 1 fully saturated rings. The number of fused-ring (bicyclic) bond motifs is 1. The number of benzene rings is 2. The number of nitrogens with one attached hydrogen (secondary N) is 1. The van der Waals surface area contributed by atoms with Gasteiger partial charge in [0, 0.05) is 35.2 Å². The number of halogens is 1. The van der Waals surface area contributed by atoms with Crippen LogP contribution in [0.15, 0.2) is 46.9 Å². The molecule has 0 unspecified atom stereocenters. The van der Waals surface area contributed by atoms with Crippen LogP contribution in [0.3, 0.4) is 0 Å². The molecule has 1 amide bonds. The highest BCUT2D eigenvalue weighted by atomic mass is 79.9. The second-order valence-corrected chi connectivity index (χ2v) is 10.0. The Balaban J connectivity index is 1.33. The molecule has 154 valence electrons. The molecule has 1 saturated heterocycles. The fourth-order valence-electron chi connectivity index (χ4n) is 3.54. The number of anilines is 1. The van der Waals surface area contributed by atoms with Crippen molar-refractivity contribution in [2.24, 2.45) is 5.92 Å². The smallest absolute Gasteiger partial charge is 0.231 e. The molecule has 29 heavy (non-hydrogen) atoms. The van der Waals surface area contributed by atoms with Crippen LogP contribution in [0.2, 0.25) is 0 Å². The second kappa shape index (κ2) is 8.33. The van der Waals surface area contributed by atoms with E-state index in [9.17, 15) is 13.2 Å². The highest BCUT2D eigenvalue weighted by Crippen LogP contribution is 2.34. The van der Waals surface area contributed by atoms with E-state index in [-0.39, 0.29) is 24.4 Å². The third-order valence-electron chi connectivity index (χ3n) is 5.10. The van der Waals surface area contributed by atoms with E-state index in [0.29, 0.717) is 43.1 Å². The predicted molar refractivity (Wildman–Crippen MR) is 112 cm³/mol. The summed E-state index contributed by atoms with van der Waals surface area (Å²) in [5, 5.41) is 2.89. The summed E-state index contributed by atoms with van der Waals surface area (Å²) in [7, 11) is -3.42. The summed E-state index contributed by atoms with van der Waals surface area (Å²) < 4.78 is 38.4. The van der Waals surface area contributed by atoms with Crippen molar-refractivity contribution in [2.75, 3.05) is 25.2 Å². The second-order valence-electron chi connectivity index (χ2n) is 7.12. The number of carbonyl (C=O) groups is 1. The number of ether oxygens (including phenoxy) is 2. The minimum Gasteiger partial charge on any atom is -0.454 e. The first-order valence-electron chi connectivity index (χ1n) is 9.33. The zero-order chi connectivity index (χ0) is 20.4. The average molecular weight is 481 g/mol. The third-order valence-corrected chi connectivity index (χ3v) is 7.44. The standard InChI is InChI=1S/C20H21BrN2O5S/c21-16-3-1-2-14(10-16)12-29(25,26)23-8-6-15(7-9-23)20(24)22-17-4-5-18-19(11-17)28-13-27-18/h1-5,10-11,15H,6-9,12-13H2,(H,22,24). The molecule has 2 heterocycles. The fraction of sp³-hybridized carbons (Fsp3) is 0.350. The molecule has 2 aliphatic heterocycles. The maximum Gasteiger partial charge on any atom is 0.231 e. The Morgan fingerprint density at radius 1 is 1.10 bits per heavy atom. The van der Waals surface area contributed by atoms with Gasteiger partial charge in [0.1, 0.15) is 0 Å². The van der Waals surface area contributed by atoms with Crippen LogP contribution in [0.25, 0.3) is 0 Å². The number of nitrogens with zero attached hydrogens (tertiary/aromatic N) is 1. The summed E-state index contributed by atoms with van der Waals surface area (Å²) in [5.74, 6) is 0.898. The molecule has 0 bridgehead atoms. The van der Waals surface area contributed by atoms with Gasteiger partial charge in [-0.1, -0.05) is 28.1 Å². The summed E-state index contributed by atoms with van der Waals surface area (Å²) in [6.45, 7) is 0.866. The molecule has 7 nitrogen and oxygen atoms in total. The van der Waals surface area contributed by atoms with Gasteiger partial charge in [0.15, 0.2) is 11.5 Å². The maximum absolute atomic E-state index is 12.7. The molecule has 0 atom stereocenters. The van der Waals surface area contributed by atoms with Crippen LogP contribution in [-0.4, -0.2) is 38.5 Å². The van der Waals surface area contributed by atoms with Gasteiger partial charge in [-0.25, -0.2) is 12.7 Å². The predicted octanol–water partition coefficient (Wildman–Crippen LogP) is 3.36. The Labute approximate surface area is 178 Å². The molecule has 9 heteroatoms. The van der Waals surface area contributed by atoms with Crippen LogP contribution in [0.1, 0.15) is 18.4 Å². The van der Waals surface area contributed by atoms with Crippen molar-refractivity contribution in [1.82, 2.24) is 4.31 Å². The van der Waals surface area contributed by atoms with Crippen molar-refractivity contribution >= 4 is 37.5 Å². The number of hydrogen-bond acceptors (Lipinski definition) is 5. The fourth-order valence-corrected chi connectivity index (χ4v) is 5.54. The highest BCUT2D eigenvalue weighted by molar-refractivity contribution is 9.10. The van der Waals surface area contributed by atoms with Gasteiger partial charge in [-0.05, 0) is 42.7 Å². The van der Waals surface area contributed by atoms with Gasteiger partial charge < -0.3 is 14.8 Å². The van der Waals surface area contributed by atoms with Gasteiger partial charge in [-0.2, -0.15) is 0 Å². The normalized spacial score (nSPS) is 17.3. The van der Waals surface area contributed by atoms with Crippen molar-refractivity contribution in [3.8, 4) is 11.5 Å². The van der Waals surface area contributed by atoms with Crippen LogP contribution in [0, 0.1) is 5.92 Å². The molecular weight excluding hydrogens is 460 g/mol. The Hall–Kier alpha value is -2.10. The zero-order valence-electron chi connectivity index (χ0n) is 15.6. The lowest BCUT2D eigenvalue weighted by Crippen LogP contribution is -2.41. The number of carbonyl (C=O) groups excluding carboxylic acids is 1. The van der Waals surface area contributed by atoms with Gasteiger partial charge in [-0.15, -0.1) is 0 Å². The first-order valence-corrected chi connectivity index (χ1v) is 11.7. The van der Waals surface area contributed by atoms with Crippen LogP contribution in [0.4, 0.5) is 5.69 Å². The number of piperidine rings is 1. The van der Waals surface area contributed by atoms with Crippen molar-refractivity contribution in [1.29, 1.82) is 0 Å². The van der Waals surface area contributed by atoms with Gasteiger partial charge in [0.25, 0.3) is 0 Å². The molecule has 0 aromatic heterocycles. The highest BCUT2D eigenvalue weighted by Gasteiger charge is 2.31. The van der Waals surface area contributed by atoms with Crippen LogP contribution < -0.4 is 14.8 Å². The van der Waals surface area contributed by atoms with Gasteiger partial charge in [0.2, 0.25) is 22.7 Å². The lowest BCUT2D eigenvalue weighted by Gasteiger charge is -2.30. The van der Waals surface area contributed by atoms with Crippen LogP contribution in [0.5, 0.6) is 11.5 Å². The van der Waals surface area contributed by atoms with E-state index in [1.807, 2.05) is 18.2 Å². The Morgan fingerprint density at radius 2 is 1.86 bits per heavy atom. The molecule has 0 spiro atoms. The quantitative estimate of drug-likeness (QED) is 0.708. The molecule has 1 N–H and O–H groups in total.